The molecule has 0 saturated carbocycles. The number of aromatic amines is 1. The van der Waals surface area contributed by atoms with E-state index in [0.717, 1.165) is 22.5 Å². The highest BCUT2D eigenvalue weighted by molar-refractivity contribution is 7.99. The fourth-order valence-corrected chi connectivity index (χ4v) is 3.13. The minimum atomic E-state index is -4.94. The van der Waals surface area contributed by atoms with Crippen LogP contribution in [-0.2, 0) is 13.2 Å². The molecule has 0 aliphatic rings. The van der Waals surface area contributed by atoms with Crippen molar-refractivity contribution in [1.29, 1.82) is 0 Å². The van der Waals surface area contributed by atoms with Crippen molar-refractivity contribution in [3.05, 3.63) is 51.6 Å². The van der Waals surface area contributed by atoms with Crippen LogP contribution in [0.3, 0.4) is 0 Å². The van der Waals surface area contributed by atoms with E-state index in [-0.39, 0.29) is 34.5 Å². The third kappa shape index (κ3) is 5.75. The summed E-state index contributed by atoms with van der Waals surface area (Å²) in [5.74, 6) is -2.46. The molecule has 2 aromatic heterocycles. The zero-order valence-corrected chi connectivity index (χ0v) is 17.3. The Labute approximate surface area is 185 Å². The van der Waals surface area contributed by atoms with Gasteiger partial charge >= 0.3 is 11.9 Å². The van der Waals surface area contributed by atoms with Gasteiger partial charge in [0.05, 0.1) is 11.3 Å². The number of hydrogen-bond acceptors (Lipinski definition) is 9. The number of alkyl halides is 3. The average molecular weight is 490 g/mol. The Balaban J connectivity index is 1.68. The number of hydrogen-bond donors (Lipinski definition) is 4. The molecule has 17 heteroatoms. The second kappa shape index (κ2) is 9.82. The zero-order valence-electron chi connectivity index (χ0n) is 16.5. The van der Waals surface area contributed by atoms with E-state index in [2.05, 4.69) is 35.3 Å². The van der Waals surface area contributed by atoms with Crippen LogP contribution in [0.5, 0.6) is 0 Å². The fraction of sp³-hybridized carbons (Fsp3) is 0.250. The molecular weight excluding hydrogens is 476 g/mol. The van der Waals surface area contributed by atoms with Crippen LogP contribution < -0.4 is 16.5 Å². The van der Waals surface area contributed by atoms with Gasteiger partial charge in [-0.15, -0.1) is 5.10 Å². The summed E-state index contributed by atoms with van der Waals surface area (Å²) in [5, 5.41) is 22.8. The highest BCUT2D eigenvalue weighted by Gasteiger charge is 2.34. The van der Waals surface area contributed by atoms with Gasteiger partial charge < -0.3 is 5.32 Å². The zero-order chi connectivity index (χ0) is 24.2. The third-order valence-electron chi connectivity index (χ3n) is 3.90. The molecule has 3 aromatic rings. The molecule has 1 amide bonds. The van der Waals surface area contributed by atoms with Crippen molar-refractivity contribution in [3.63, 3.8) is 0 Å². The summed E-state index contributed by atoms with van der Waals surface area (Å²) in [4.78, 5) is 29.3. The molecule has 0 aliphatic heterocycles. The molecule has 0 unspecified atom stereocenters. The molecule has 1 aromatic carbocycles. The molecule has 0 spiro atoms. The molecule has 0 aliphatic carbocycles. The van der Waals surface area contributed by atoms with E-state index >= 15 is 0 Å². The van der Waals surface area contributed by atoms with Gasteiger partial charge in [-0.2, -0.15) is 13.2 Å². The van der Waals surface area contributed by atoms with Crippen LogP contribution >= 0.6 is 11.8 Å². The van der Waals surface area contributed by atoms with Gasteiger partial charge in [-0.3, -0.25) is 20.5 Å². The van der Waals surface area contributed by atoms with E-state index in [9.17, 15) is 32.4 Å². The third-order valence-corrected chi connectivity index (χ3v) is 4.85. The number of aliphatic imine (C=N–C) groups is 1. The largest absolute Gasteiger partial charge is 0.419 e. The molecule has 0 saturated heterocycles. The Morgan fingerprint density at radius 1 is 1.36 bits per heavy atom. The second-order valence-corrected chi connectivity index (χ2v) is 7.24. The van der Waals surface area contributed by atoms with Crippen LogP contribution in [0.15, 0.2) is 37.6 Å². The molecular formula is C16H14F4N8O4S. The van der Waals surface area contributed by atoms with Gasteiger partial charge in [0.2, 0.25) is 5.82 Å². The van der Waals surface area contributed by atoms with Crippen molar-refractivity contribution in [2.24, 2.45) is 12.0 Å². The van der Waals surface area contributed by atoms with Gasteiger partial charge in [0.15, 0.2) is 16.6 Å². The molecule has 0 bridgehead atoms. The Morgan fingerprint density at radius 3 is 2.76 bits per heavy atom. The number of benzene rings is 1. The number of aromatic nitrogens is 5. The van der Waals surface area contributed by atoms with Gasteiger partial charge in [-0.05, 0) is 28.5 Å². The molecule has 176 valence electrons. The maximum atomic E-state index is 13.5. The smallest absolute Gasteiger partial charge is 0.348 e. The van der Waals surface area contributed by atoms with Gasteiger partial charge in [-0.1, -0.05) is 11.8 Å². The number of nitrogens with zero attached hydrogens (tertiary/aromatic N) is 5. The summed E-state index contributed by atoms with van der Waals surface area (Å²) in [6, 6.07) is 2.02. The number of aryl methyl sites for hydroxylation is 1. The number of nitrogens with one attached hydrogen (secondary N) is 3. The average Bonchev–Trinajstić information content (AvgIpc) is 3.36. The van der Waals surface area contributed by atoms with Crippen LogP contribution in [0.4, 0.5) is 23.2 Å². The number of carbonyl (C=O) groups is 1. The summed E-state index contributed by atoms with van der Waals surface area (Å²) >= 11 is 1.01. The highest BCUT2D eigenvalue weighted by Crippen LogP contribution is 2.34. The Kier molecular flexibility index (Phi) is 7.12. The lowest BCUT2D eigenvalue weighted by atomic mass is 10.2. The molecule has 0 atom stereocenters. The van der Waals surface area contributed by atoms with Gasteiger partial charge in [0.25, 0.3) is 5.91 Å². The van der Waals surface area contributed by atoms with E-state index in [1.807, 2.05) is 0 Å². The first-order valence-electron chi connectivity index (χ1n) is 8.83. The molecule has 0 fully saturated rings. The first-order chi connectivity index (χ1) is 15.6. The lowest BCUT2D eigenvalue weighted by Gasteiger charge is -2.09. The van der Waals surface area contributed by atoms with Crippen molar-refractivity contribution >= 4 is 29.2 Å². The topological polar surface area (TPSA) is 163 Å². The molecule has 33 heavy (non-hydrogen) atoms. The van der Waals surface area contributed by atoms with Gasteiger partial charge in [0.1, 0.15) is 5.82 Å². The lowest BCUT2D eigenvalue weighted by Crippen LogP contribution is -2.27. The van der Waals surface area contributed by atoms with Crippen molar-refractivity contribution < 1.29 is 32.2 Å². The number of amides is 1. The predicted molar refractivity (Wildman–Crippen MR) is 104 cm³/mol. The lowest BCUT2D eigenvalue weighted by molar-refractivity contribution is -0.139. The highest BCUT2D eigenvalue weighted by atomic mass is 32.2. The second-order valence-electron chi connectivity index (χ2n) is 6.16. The van der Waals surface area contributed by atoms with E-state index in [0.29, 0.717) is 12.1 Å². The first kappa shape index (κ1) is 23.9. The van der Waals surface area contributed by atoms with Crippen LogP contribution in [-0.4, -0.2) is 54.3 Å². The van der Waals surface area contributed by atoms with E-state index in [1.54, 1.807) is 5.48 Å². The Morgan fingerprint density at radius 2 is 2.12 bits per heavy atom. The Hall–Kier alpha value is -3.73. The van der Waals surface area contributed by atoms with E-state index < -0.39 is 35.0 Å². The molecule has 2 heterocycles. The minimum absolute atomic E-state index is 0.0916. The summed E-state index contributed by atoms with van der Waals surface area (Å²) < 4.78 is 57.7. The van der Waals surface area contributed by atoms with Crippen LogP contribution in [0.2, 0.25) is 0 Å². The van der Waals surface area contributed by atoms with E-state index in [4.69, 9.17) is 0 Å². The predicted octanol–water partition coefficient (Wildman–Crippen LogP) is 1.23. The summed E-state index contributed by atoms with van der Waals surface area (Å²) in [5.41, 5.74) is -0.857. The fourth-order valence-electron chi connectivity index (χ4n) is 2.38. The quantitative estimate of drug-likeness (QED) is 0.0952. The monoisotopic (exact) mass is 490 g/mol. The number of halogens is 4. The SMILES string of the molecule is Cn1nc(C(=O)NCCSc2nonc2C(=Nc2ccc(F)c(C(F)(F)F)c2)NO)[nH]c1=O. The molecule has 12 nitrogen and oxygen atoms in total. The number of H-pyrrole nitrogens is 1. The van der Waals surface area contributed by atoms with Gasteiger partial charge in [0, 0.05) is 19.3 Å². The normalized spacial score (nSPS) is 12.1. The van der Waals surface area contributed by atoms with Crippen molar-refractivity contribution in [3.8, 4) is 0 Å². The number of hydroxylamine groups is 1. The molecule has 4 N–H and O–H groups in total. The van der Waals surface area contributed by atoms with Gasteiger partial charge in [-0.25, -0.2) is 23.5 Å². The summed E-state index contributed by atoms with van der Waals surface area (Å²) in [6.07, 6.45) is -4.94. The standard InChI is InChI=1S/C16H14F4N8O4S/c1-28-15(30)23-12(24-28)13(29)21-4-5-33-14-10(26-32-27-14)11(25-31)22-7-2-3-9(17)8(6-7)16(18,19)20/h2-3,6,31H,4-5H2,1H3,(H,21,29)(H,22,25)(H,23,24,30). The van der Waals surface area contributed by atoms with Crippen LogP contribution in [0.25, 0.3) is 0 Å². The number of carbonyl (C=O) groups excluding carboxylic acids is 1. The minimum Gasteiger partial charge on any atom is -0.348 e. The number of thioether (sulfide) groups is 1. The maximum Gasteiger partial charge on any atom is 0.419 e. The van der Waals surface area contributed by atoms with Crippen molar-refractivity contribution in [1.82, 2.24) is 35.9 Å². The van der Waals surface area contributed by atoms with Crippen molar-refractivity contribution in [2.75, 3.05) is 12.3 Å². The van der Waals surface area contributed by atoms with Crippen LogP contribution in [0.1, 0.15) is 21.9 Å². The molecule has 3 rings (SSSR count). The Bertz CT molecular complexity index is 1240. The summed E-state index contributed by atoms with van der Waals surface area (Å²) in [7, 11) is 1.37. The maximum absolute atomic E-state index is 13.5. The molecule has 0 radical (unpaired) electrons. The first-order valence-corrected chi connectivity index (χ1v) is 9.81. The van der Waals surface area contributed by atoms with E-state index in [1.165, 1.54) is 7.05 Å². The van der Waals surface area contributed by atoms with Crippen LogP contribution in [0, 0.1) is 5.82 Å². The number of amidine groups is 1. The van der Waals surface area contributed by atoms with Crippen molar-refractivity contribution in [2.45, 2.75) is 11.2 Å². The number of rotatable bonds is 7. The summed E-state index contributed by atoms with van der Waals surface area (Å²) in [6.45, 7) is 0.0976.